The topological polar surface area (TPSA) is 56.7 Å². The molecule has 1 aromatic heterocycles. The Kier molecular flexibility index (Phi) is 7.35. The van der Waals surface area contributed by atoms with Gasteiger partial charge in [0, 0.05) is 68.5 Å². The van der Waals surface area contributed by atoms with Gasteiger partial charge in [-0.2, -0.15) is 0 Å². The van der Waals surface area contributed by atoms with Crippen molar-refractivity contribution in [3.8, 4) is 11.8 Å². The summed E-state index contributed by atoms with van der Waals surface area (Å²) in [6.07, 6.45) is 6.41. The number of pyridine rings is 1. The van der Waals surface area contributed by atoms with Crippen molar-refractivity contribution in [1.29, 1.82) is 0 Å². The number of piperidine rings is 1. The molecule has 1 aromatic carbocycles. The van der Waals surface area contributed by atoms with Crippen LogP contribution >= 0.6 is 0 Å². The summed E-state index contributed by atoms with van der Waals surface area (Å²) in [6.45, 7) is 11.4. The number of likely N-dealkylation sites (tertiary alicyclic amines) is 2. The molecule has 1 atom stereocenters. The van der Waals surface area contributed by atoms with Crippen molar-refractivity contribution >= 4 is 5.91 Å². The van der Waals surface area contributed by atoms with Crippen LogP contribution in [0.3, 0.4) is 0 Å². The van der Waals surface area contributed by atoms with Gasteiger partial charge >= 0.3 is 0 Å². The van der Waals surface area contributed by atoms with Gasteiger partial charge in [-0.15, -0.1) is 0 Å². The molecule has 3 heterocycles. The summed E-state index contributed by atoms with van der Waals surface area (Å²) in [5.41, 5.74) is 2.32. The quantitative estimate of drug-likeness (QED) is 0.655. The Labute approximate surface area is 210 Å². The highest BCUT2D eigenvalue weighted by Gasteiger charge is 2.55. The summed E-state index contributed by atoms with van der Waals surface area (Å²) in [5, 5.41) is 12.4. The van der Waals surface area contributed by atoms with Crippen LogP contribution in [0.4, 0.5) is 0 Å². The van der Waals surface area contributed by atoms with E-state index < -0.39 is 5.60 Å². The van der Waals surface area contributed by atoms with E-state index in [1.54, 1.807) is 19.3 Å². The second kappa shape index (κ2) is 10.1. The van der Waals surface area contributed by atoms with E-state index in [0.717, 1.165) is 62.1 Å². The molecule has 4 rings (SSSR count). The molecular formula is C30H39N3O2. The number of hydrogen-bond donors (Lipinski definition) is 1. The molecule has 2 fully saturated rings. The third kappa shape index (κ3) is 5.15. The Morgan fingerprint density at radius 1 is 1.17 bits per heavy atom. The molecule has 1 N–H and O–H groups in total. The van der Waals surface area contributed by atoms with E-state index >= 15 is 0 Å². The van der Waals surface area contributed by atoms with Gasteiger partial charge in [0.1, 0.15) is 5.60 Å². The molecule has 5 heteroatoms. The number of benzene rings is 1. The van der Waals surface area contributed by atoms with Gasteiger partial charge in [-0.1, -0.05) is 56.9 Å². The number of carbonyl (C=O) groups excluding carboxylic acids is 1. The van der Waals surface area contributed by atoms with Crippen molar-refractivity contribution in [3.05, 3.63) is 65.0 Å². The molecule has 0 aliphatic carbocycles. The van der Waals surface area contributed by atoms with E-state index in [-0.39, 0.29) is 11.3 Å². The zero-order valence-electron chi connectivity index (χ0n) is 21.8. The van der Waals surface area contributed by atoms with E-state index in [2.05, 4.69) is 73.8 Å². The molecule has 0 saturated carbocycles. The Balaban J connectivity index is 1.57. The third-order valence-electron chi connectivity index (χ3n) is 7.95. The second-order valence-corrected chi connectivity index (χ2v) is 11.1. The van der Waals surface area contributed by atoms with Crippen LogP contribution in [-0.2, 0) is 10.4 Å². The van der Waals surface area contributed by atoms with Crippen LogP contribution in [-0.4, -0.2) is 59.0 Å². The van der Waals surface area contributed by atoms with E-state index in [1.165, 1.54) is 5.56 Å². The largest absolute Gasteiger partial charge is 0.380 e. The molecule has 2 aliphatic heterocycles. The average Bonchev–Trinajstić information content (AvgIpc) is 2.83. The lowest BCUT2D eigenvalue weighted by atomic mass is 9.62. The Bertz CT molecular complexity index is 1100. The minimum Gasteiger partial charge on any atom is -0.380 e. The summed E-state index contributed by atoms with van der Waals surface area (Å²) in [5.74, 6) is 7.77. The molecule has 5 nitrogen and oxygen atoms in total. The molecule has 1 amide bonds. The first-order valence-corrected chi connectivity index (χ1v) is 12.8. The summed E-state index contributed by atoms with van der Waals surface area (Å²) < 4.78 is 0. The molecule has 35 heavy (non-hydrogen) atoms. The summed E-state index contributed by atoms with van der Waals surface area (Å²) in [6, 6.07) is 10.4. The van der Waals surface area contributed by atoms with Gasteiger partial charge < -0.3 is 14.9 Å². The van der Waals surface area contributed by atoms with Crippen molar-refractivity contribution < 1.29 is 9.90 Å². The number of amides is 1. The highest BCUT2D eigenvalue weighted by Crippen LogP contribution is 2.50. The van der Waals surface area contributed by atoms with E-state index in [1.807, 2.05) is 11.0 Å². The lowest BCUT2D eigenvalue weighted by molar-refractivity contribution is -0.130. The number of carbonyl (C=O) groups is 1. The summed E-state index contributed by atoms with van der Waals surface area (Å²) >= 11 is 0. The molecule has 0 spiro atoms. The van der Waals surface area contributed by atoms with Crippen LogP contribution in [0.5, 0.6) is 0 Å². The fraction of sp³-hybridized carbons (Fsp3) is 0.533. The maximum Gasteiger partial charge on any atom is 0.219 e. The first-order valence-electron chi connectivity index (χ1n) is 12.8. The number of hydrogen-bond acceptors (Lipinski definition) is 4. The van der Waals surface area contributed by atoms with Gasteiger partial charge in [0.25, 0.3) is 0 Å². The maximum absolute atomic E-state index is 12.4. The zero-order chi connectivity index (χ0) is 25.2. The standard InChI is InChI=1S/C30H39N3O2/c1-22(2)26-9-11-27(12-10-26)30(35,29(4)20-32(5)21-29)28-17-25(18-31-19-28)8-6-7-24-13-15-33(16-14-24)23(3)34/h9-12,17-19,22,24,35H,7,13-16,20-21H2,1-5H3. The lowest BCUT2D eigenvalue weighted by Crippen LogP contribution is -2.63. The van der Waals surface area contributed by atoms with Gasteiger partial charge in [-0.05, 0) is 48.9 Å². The van der Waals surface area contributed by atoms with Crippen LogP contribution < -0.4 is 0 Å². The van der Waals surface area contributed by atoms with E-state index in [0.29, 0.717) is 11.8 Å². The minimum atomic E-state index is -1.15. The van der Waals surface area contributed by atoms with Crippen LogP contribution in [0.25, 0.3) is 0 Å². The lowest BCUT2D eigenvalue weighted by Gasteiger charge is -2.55. The smallest absolute Gasteiger partial charge is 0.219 e. The Morgan fingerprint density at radius 3 is 2.40 bits per heavy atom. The van der Waals surface area contributed by atoms with E-state index in [4.69, 9.17) is 0 Å². The SMILES string of the molecule is CC(=O)N1CCC(CC#Cc2cncc(C(O)(c3ccc(C(C)C)cc3)C3(C)CN(C)C3)c2)CC1. The Morgan fingerprint density at radius 2 is 1.83 bits per heavy atom. The fourth-order valence-corrected chi connectivity index (χ4v) is 5.80. The number of rotatable bonds is 5. The highest BCUT2D eigenvalue weighted by atomic mass is 16.3. The summed E-state index contributed by atoms with van der Waals surface area (Å²) in [4.78, 5) is 20.2. The normalized spacial score (nSPS) is 20.0. The first-order chi connectivity index (χ1) is 16.6. The van der Waals surface area contributed by atoms with E-state index in [9.17, 15) is 9.90 Å². The van der Waals surface area contributed by atoms with Crippen molar-refractivity contribution in [2.45, 2.75) is 58.5 Å². The van der Waals surface area contributed by atoms with Crippen LogP contribution in [0.15, 0.2) is 42.7 Å². The van der Waals surface area contributed by atoms with Crippen LogP contribution in [0.1, 0.15) is 75.1 Å². The number of aromatic nitrogens is 1. The van der Waals surface area contributed by atoms with Gasteiger partial charge in [-0.25, -0.2) is 0 Å². The van der Waals surface area contributed by atoms with Gasteiger partial charge in [0.15, 0.2) is 0 Å². The molecule has 2 saturated heterocycles. The molecule has 186 valence electrons. The van der Waals surface area contributed by atoms with Crippen LogP contribution in [0, 0.1) is 23.2 Å². The molecule has 2 aromatic rings. The fourth-order valence-electron chi connectivity index (χ4n) is 5.80. The van der Waals surface area contributed by atoms with Crippen molar-refractivity contribution in [1.82, 2.24) is 14.8 Å². The van der Waals surface area contributed by atoms with Crippen molar-refractivity contribution in [3.63, 3.8) is 0 Å². The first kappa shape index (κ1) is 25.4. The van der Waals surface area contributed by atoms with Crippen LogP contribution in [0.2, 0.25) is 0 Å². The number of aliphatic hydroxyl groups is 1. The van der Waals surface area contributed by atoms with Crippen molar-refractivity contribution in [2.75, 3.05) is 33.2 Å². The summed E-state index contributed by atoms with van der Waals surface area (Å²) in [7, 11) is 2.09. The van der Waals surface area contributed by atoms with Gasteiger partial charge in [0.2, 0.25) is 5.91 Å². The second-order valence-electron chi connectivity index (χ2n) is 11.1. The average molecular weight is 474 g/mol. The molecule has 0 radical (unpaired) electrons. The number of nitrogens with zero attached hydrogens (tertiary/aromatic N) is 3. The molecule has 0 bridgehead atoms. The van der Waals surface area contributed by atoms with Crippen molar-refractivity contribution in [2.24, 2.45) is 11.3 Å². The highest BCUT2D eigenvalue weighted by molar-refractivity contribution is 5.73. The predicted octanol–water partition coefficient (Wildman–Crippen LogP) is 4.39. The molecule has 1 unspecified atom stereocenters. The molecule has 2 aliphatic rings. The predicted molar refractivity (Wildman–Crippen MR) is 140 cm³/mol. The van der Waals surface area contributed by atoms with Gasteiger partial charge in [-0.3, -0.25) is 9.78 Å². The minimum absolute atomic E-state index is 0.162. The third-order valence-corrected chi connectivity index (χ3v) is 7.95. The molecular weight excluding hydrogens is 434 g/mol. The van der Waals surface area contributed by atoms with Gasteiger partial charge in [0.05, 0.1) is 0 Å². The maximum atomic E-state index is 12.4. The Hall–Kier alpha value is -2.68. The monoisotopic (exact) mass is 473 g/mol. The zero-order valence-corrected chi connectivity index (χ0v) is 21.8.